The van der Waals surface area contributed by atoms with Gasteiger partial charge in [0.2, 0.25) is 0 Å². The number of aliphatic hydroxyl groups excluding tert-OH is 6. The average molecular weight is 995 g/mol. The summed E-state index contributed by atoms with van der Waals surface area (Å²) >= 11 is 0. The monoisotopic (exact) mass is 994 g/mol. The zero-order valence-corrected chi connectivity index (χ0v) is 41.1. The van der Waals surface area contributed by atoms with Crippen LogP contribution in [0.25, 0.3) is 0 Å². The summed E-state index contributed by atoms with van der Waals surface area (Å²) in [5.74, 6) is -1.52. The number of carbonyl (C=O) groups is 2. The highest BCUT2D eigenvalue weighted by Gasteiger charge is 2.54. The molecule has 20 heteroatoms. The Hall–Kier alpha value is -2.64. The predicted molar refractivity (Wildman–Crippen MR) is 253 cm³/mol. The number of aliphatic hydroxyl groups is 6. The molecule has 5 unspecified atom stereocenters. The zero-order valence-electron chi connectivity index (χ0n) is 39.3. The van der Waals surface area contributed by atoms with Crippen LogP contribution in [0.4, 0.5) is 0 Å². The van der Waals surface area contributed by atoms with Gasteiger partial charge in [-0.3, -0.25) is 23.2 Å². The van der Waals surface area contributed by atoms with E-state index in [-0.39, 0.29) is 32.1 Å². The van der Waals surface area contributed by atoms with E-state index in [9.17, 15) is 64.0 Å². The van der Waals surface area contributed by atoms with Crippen LogP contribution in [0, 0.1) is 0 Å². The fourth-order valence-electron chi connectivity index (χ4n) is 6.67. The molecular formula is C47H80O18P2. The maximum atomic E-state index is 13.0. The van der Waals surface area contributed by atoms with Gasteiger partial charge in [-0.1, -0.05) is 119 Å². The minimum atomic E-state index is -5.40. The summed E-state index contributed by atoms with van der Waals surface area (Å²) in [5, 5.41) is 62.0. The van der Waals surface area contributed by atoms with E-state index in [1.165, 1.54) is 19.3 Å². The van der Waals surface area contributed by atoms with Gasteiger partial charge in [-0.15, -0.1) is 0 Å². The van der Waals surface area contributed by atoms with Crippen molar-refractivity contribution < 1.29 is 87.1 Å². The molecule has 1 saturated carbocycles. The summed E-state index contributed by atoms with van der Waals surface area (Å²) < 4.78 is 49.2. The Morgan fingerprint density at radius 2 is 1.06 bits per heavy atom. The summed E-state index contributed by atoms with van der Waals surface area (Å²) in [7, 11) is -10.8. The lowest BCUT2D eigenvalue weighted by Crippen LogP contribution is -2.64. The van der Waals surface area contributed by atoms with Crippen molar-refractivity contribution in [3.63, 3.8) is 0 Å². The molecule has 1 rings (SSSR count). The molecule has 0 saturated heterocycles. The molecule has 1 fully saturated rings. The first-order valence-electron chi connectivity index (χ1n) is 23.6. The standard InChI is InChI=1S/C47H80O18P2/c1-3-5-7-9-11-13-15-17-18-19-21-23-25-27-29-33-41(51)63-37(36-62-67(59,60)65-47-44(54)42(52)43(53)46(45(47)55)64-66(56,57)58)35-61-40(50)34-30-32-39(49)38(48)31-28-26-24-22-20-16-14-12-10-8-6-4-2/h6,8,11-14,17-18,20,22,26,28,37-39,42-49,52-55H,3-5,7,9-10,15-16,19,21,23-25,27,29-36H2,1-2H3,(H,59,60)(H2,56,57,58)/b8-6-,13-11-,14-12-,18-17-,22-20-,28-26-/t37-,38+,39+,42?,43?,44?,45?,46-,47+/m1/s1. The van der Waals surface area contributed by atoms with Gasteiger partial charge in [0.05, 0.1) is 18.8 Å². The Labute approximate surface area is 397 Å². The second-order valence-corrected chi connectivity index (χ2v) is 19.0. The topological polar surface area (TPSA) is 296 Å². The molecule has 67 heavy (non-hydrogen) atoms. The third-order valence-electron chi connectivity index (χ3n) is 10.5. The van der Waals surface area contributed by atoms with Crippen LogP contribution in [-0.4, -0.2) is 125 Å². The summed E-state index contributed by atoms with van der Waals surface area (Å²) in [5.41, 5.74) is 0. The average Bonchev–Trinajstić information content (AvgIpc) is 3.28. The van der Waals surface area contributed by atoms with Gasteiger partial charge in [0.15, 0.2) is 6.10 Å². The lowest BCUT2D eigenvalue weighted by molar-refractivity contribution is -0.216. The summed E-state index contributed by atoms with van der Waals surface area (Å²) in [6, 6.07) is 0. The Kier molecular flexibility index (Phi) is 34.7. The number of phosphoric ester groups is 2. The highest BCUT2D eigenvalue weighted by molar-refractivity contribution is 7.47. The van der Waals surface area contributed by atoms with Crippen molar-refractivity contribution in [2.75, 3.05) is 13.2 Å². The van der Waals surface area contributed by atoms with Gasteiger partial charge >= 0.3 is 27.6 Å². The molecule has 0 radical (unpaired) electrons. The number of phosphoric acid groups is 2. The highest BCUT2D eigenvalue weighted by atomic mass is 31.2. The first kappa shape index (κ1) is 62.4. The number of carbonyl (C=O) groups excluding carboxylic acids is 2. The van der Waals surface area contributed by atoms with Crippen LogP contribution in [0.3, 0.4) is 0 Å². The number of hydrogen-bond acceptors (Lipinski definition) is 15. The largest absolute Gasteiger partial charge is 0.472 e. The van der Waals surface area contributed by atoms with E-state index < -0.39 is 95.7 Å². The van der Waals surface area contributed by atoms with Gasteiger partial charge in [0.25, 0.3) is 0 Å². The maximum Gasteiger partial charge on any atom is 0.472 e. The van der Waals surface area contributed by atoms with E-state index in [0.717, 1.165) is 64.2 Å². The predicted octanol–water partition coefficient (Wildman–Crippen LogP) is 6.78. The number of esters is 2. The fourth-order valence-corrected chi connectivity index (χ4v) is 8.21. The van der Waals surface area contributed by atoms with E-state index in [0.29, 0.717) is 12.8 Å². The Balaban J connectivity index is 2.71. The van der Waals surface area contributed by atoms with Crippen molar-refractivity contribution in [1.29, 1.82) is 0 Å². The number of unbranched alkanes of at least 4 members (excludes halogenated alkanes) is 8. The van der Waals surface area contributed by atoms with Crippen LogP contribution >= 0.6 is 15.6 Å². The Morgan fingerprint density at radius 1 is 0.552 bits per heavy atom. The quantitative estimate of drug-likeness (QED) is 0.0133. The first-order valence-corrected chi connectivity index (χ1v) is 26.7. The molecule has 9 N–H and O–H groups in total. The molecule has 0 heterocycles. The second-order valence-electron chi connectivity index (χ2n) is 16.4. The molecule has 1 aliphatic rings. The van der Waals surface area contributed by atoms with Crippen molar-refractivity contribution >= 4 is 27.6 Å². The van der Waals surface area contributed by atoms with Crippen molar-refractivity contribution in [1.82, 2.24) is 0 Å². The molecule has 0 spiro atoms. The van der Waals surface area contributed by atoms with Gasteiger partial charge < -0.3 is 54.8 Å². The van der Waals surface area contributed by atoms with E-state index in [1.807, 2.05) is 18.2 Å². The van der Waals surface area contributed by atoms with Crippen LogP contribution in [-0.2, 0) is 41.8 Å². The minimum Gasteiger partial charge on any atom is -0.462 e. The minimum absolute atomic E-state index is 0.0367. The van der Waals surface area contributed by atoms with E-state index >= 15 is 0 Å². The number of allylic oxidation sites excluding steroid dienone is 11. The van der Waals surface area contributed by atoms with E-state index in [1.54, 1.807) is 6.08 Å². The molecule has 386 valence electrons. The van der Waals surface area contributed by atoms with Gasteiger partial charge in [0, 0.05) is 12.8 Å². The van der Waals surface area contributed by atoms with Crippen LogP contribution in [0.1, 0.15) is 142 Å². The number of rotatable bonds is 38. The van der Waals surface area contributed by atoms with Gasteiger partial charge in [-0.25, -0.2) is 9.13 Å². The molecule has 18 nitrogen and oxygen atoms in total. The van der Waals surface area contributed by atoms with Crippen LogP contribution in [0.2, 0.25) is 0 Å². The van der Waals surface area contributed by atoms with Crippen molar-refractivity contribution in [2.45, 2.75) is 197 Å². The highest BCUT2D eigenvalue weighted by Crippen LogP contribution is 2.49. The Bertz CT molecular complexity index is 1610. The zero-order chi connectivity index (χ0) is 49.9. The molecule has 10 atom stereocenters. The van der Waals surface area contributed by atoms with Crippen molar-refractivity contribution in [3.8, 4) is 0 Å². The van der Waals surface area contributed by atoms with Crippen LogP contribution in [0.15, 0.2) is 72.9 Å². The molecule has 1 aliphatic carbocycles. The maximum absolute atomic E-state index is 13.0. The molecule has 0 aromatic carbocycles. The van der Waals surface area contributed by atoms with E-state index in [2.05, 4.69) is 67.0 Å². The number of hydrogen-bond donors (Lipinski definition) is 9. The fraction of sp³-hybridized carbons (Fsp3) is 0.702. The molecule has 0 aliphatic heterocycles. The molecule has 0 amide bonds. The molecule has 0 bridgehead atoms. The van der Waals surface area contributed by atoms with Crippen molar-refractivity contribution in [2.24, 2.45) is 0 Å². The smallest absolute Gasteiger partial charge is 0.462 e. The van der Waals surface area contributed by atoms with Crippen LogP contribution in [0.5, 0.6) is 0 Å². The third kappa shape index (κ3) is 31.3. The normalized spacial score (nSPS) is 23.0. The van der Waals surface area contributed by atoms with Crippen LogP contribution < -0.4 is 0 Å². The van der Waals surface area contributed by atoms with Gasteiger partial charge in [-0.05, 0) is 83.5 Å². The summed E-state index contributed by atoms with van der Waals surface area (Å²) in [4.78, 5) is 54.3. The first-order chi connectivity index (χ1) is 31.9. The lowest BCUT2D eigenvalue weighted by atomic mass is 9.85. The summed E-state index contributed by atoms with van der Waals surface area (Å²) in [6.45, 7) is 2.69. The van der Waals surface area contributed by atoms with Gasteiger partial charge in [-0.2, -0.15) is 0 Å². The second kappa shape index (κ2) is 37.2. The SMILES string of the molecule is CC/C=C\C/C=C\C/C=C\C/C=C\C[C@H](O)[C@@H](O)CCCC(=O)OC[C@H](COP(=O)(O)O[C@H]1C(O)C(O)C(O)[C@@H](OP(=O)(O)O)C1O)OC(=O)CCCCCCC/C=C\C/C=C\CCCCC. The lowest BCUT2D eigenvalue weighted by Gasteiger charge is -2.43. The Morgan fingerprint density at radius 3 is 1.64 bits per heavy atom. The molecule has 0 aromatic rings. The van der Waals surface area contributed by atoms with E-state index in [4.69, 9.17) is 18.5 Å². The van der Waals surface area contributed by atoms with Crippen molar-refractivity contribution in [3.05, 3.63) is 72.9 Å². The third-order valence-corrected chi connectivity index (χ3v) is 12.0. The molecular weight excluding hydrogens is 914 g/mol. The molecule has 0 aromatic heterocycles. The number of ether oxygens (including phenoxy) is 2. The van der Waals surface area contributed by atoms with Gasteiger partial charge in [0.1, 0.15) is 43.2 Å². The summed E-state index contributed by atoms with van der Waals surface area (Å²) in [6.07, 6.45) is 21.6.